The molecule has 0 aromatic carbocycles. The molecular formula is C11H21N3O2S. The van der Waals surface area contributed by atoms with Gasteiger partial charge in [-0.1, -0.05) is 0 Å². The molecule has 0 aliphatic carbocycles. The Kier molecular flexibility index (Phi) is 7.04. The smallest absolute Gasteiger partial charge is 0.233 e. The summed E-state index contributed by atoms with van der Waals surface area (Å²) in [5.41, 5.74) is 2.09. The largest absolute Gasteiger partial charge is 0.342 e. The molecule has 3 N–H and O–H groups in total. The third-order valence-corrected chi connectivity index (χ3v) is 3.82. The van der Waals surface area contributed by atoms with Crippen LogP contribution in [0.4, 0.5) is 0 Å². The van der Waals surface area contributed by atoms with E-state index in [-0.39, 0.29) is 11.8 Å². The molecule has 0 aromatic rings. The first kappa shape index (κ1) is 14.3. The highest BCUT2D eigenvalue weighted by atomic mass is 32.2. The highest BCUT2D eigenvalue weighted by Gasteiger charge is 2.15. The number of carbonyl (C=O) groups excluding carboxylic acids is 2. The van der Waals surface area contributed by atoms with Gasteiger partial charge in [-0.2, -0.15) is 11.8 Å². The number of likely N-dealkylation sites (tertiary alicyclic amines) is 1. The number of nitrogens with one attached hydrogen (secondary N) is 1. The van der Waals surface area contributed by atoms with E-state index in [1.807, 2.05) is 4.90 Å². The van der Waals surface area contributed by atoms with Crippen LogP contribution in [0.3, 0.4) is 0 Å². The lowest BCUT2D eigenvalue weighted by Crippen LogP contribution is -2.36. The van der Waals surface area contributed by atoms with Gasteiger partial charge in [0.15, 0.2) is 0 Å². The lowest BCUT2D eigenvalue weighted by atomic mass is 10.1. The van der Waals surface area contributed by atoms with Crippen molar-refractivity contribution in [3.8, 4) is 0 Å². The van der Waals surface area contributed by atoms with Gasteiger partial charge in [0.05, 0.1) is 5.75 Å². The normalized spacial score (nSPS) is 15.7. The van der Waals surface area contributed by atoms with E-state index in [2.05, 4.69) is 5.43 Å². The lowest BCUT2D eigenvalue weighted by molar-refractivity contribution is -0.129. The van der Waals surface area contributed by atoms with Crippen LogP contribution in [0.2, 0.25) is 0 Å². The Balaban J connectivity index is 2.01. The van der Waals surface area contributed by atoms with Crippen LogP contribution in [0, 0.1) is 0 Å². The van der Waals surface area contributed by atoms with Gasteiger partial charge in [-0.3, -0.25) is 15.0 Å². The van der Waals surface area contributed by atoms with Gasteiger partial charge in [-0.05, 0) is 31.4 Å². The first-order chi connectivity index (χ1) is 8.24. The second kappa shape index (κ2) is 8.36. The van der Waals surface area contributed by atoms with E-state index < -0.39 is 0 Å². The fourth-order valence-electron chi connectivity index (χ4n) is 1.80. The second-order valence-corrected chi connectivity index (χ2v) is 5.27. The van der Waals surface area contributed by atoms with E-state index in [0.29, 0.717) is 12.2 Å². The predicted molar refractivity (Wildman–Crippen MR) is 69.3 cm³/mol. The Morgan fingerprint density at radius 3 is 2.59 bits per heavy atom. The number of amides is 2. The van der Waals surface area contributed by atoms with Crippen LogP contribution in [-0.4, -0.2) is 41.3 Å². The number of piperidine rings is 1. The number of thioether (sulfide) groups is 1. The minimum atomic E-state index is -0.145. The molecule has 6 heteroatoms. The topological polar surface area (TPSA) is 75.4 Å². The van der Waals surface area contributed by atoms with Crippen LogP contribution in [0.1, 0.15) is 32.1 Å². The molecule has 0 unspecified atom stereocenters. The molecule has 0 aromatic heterocycles. The summed E-state index contributed by atoms with van der Waals surface area (Å²) in [6, 6.07) is 0. The molecule has 1 saturated heterocycles. The number of hydrogen-bond donors (Lipinski definition) is 2. The highest BCUT2D eigenvalue weighted by Crippen LogP contribution is 2.12. The van der Waals surface area contributed by atoms with Crippen molar-refractivity contribution in [1.29, 1.82) is 0 Å². The number of nitrogens with zero attached hydrogens (tertiary/aromatic N) is 1. The van der Waals surface area contributed by atoms with Gasteiger partial charge < -0.3 is 4.90 Å². The molecule has 1 heterocycles. The van der Waals surface area contributed by atoms with Crippen molar-refractivity contribution in [1.82, 2.24) is 10.3 Å². The van der Waals surface area contributed by atoms with Crippen LogP contribution in [0.5, 0.6) is 0 Å². The van der Waals surface area contributed by atoms with E-state index in [1.165, 1.54) is 6.42 Å². The zero-order valence-electron chi connectivity index (χ0n) is 10.1. The molecule has 2 amide bonds. The van der Waals surface area contributed by atoms with Crippen molar-refractivity contribution in [2.24, 2.45) is 5.84 Å². The summed E-state index contributed by atoms with van der Waals surface area (Å²) in [4.78, 5) is 24.5. The Labute approximate surface area is 106 Å². The van der Waals surface area contributed by atoms with Crippen molar-refractivity contribution in [3.63, 3.8) is 0 Å². The third-order valence-electron chi connectivity index (χ3n) is 2.79. The Bertz CT molecular complexity index is 255. The summed E-state index contributed by atoms with van der Waals surface area (Å²) in [5.74, 6) is 6.41. The first-order valence-corrected chi connectivity index (χ1v) is 7.24. The number of hydrogen-bond acceptors (Lipinski definition) is 4. The minimum Gasteiger partial charge on any atom is -0.342 e. The summed E-state index contributed by atoms with van der Waals surface area (Å²) in [5, 5.41) is 0. The van der Waals surface area contributed by atoms with Gasteiger partial charge >= 0.3 is 0 Å². The maximum Gasteiger partial charge on any atom is 0.233 e. The molecule has 0 bridgehead atoms. The summed E-state index contributed by atoms with van der Waals surface area (Å²) >= 11 is 1.60. The Hall–Kier alpha value is -0.750. The van der Waals surface area contributed by atoms with E-state index >= 15 is 0 Å². The molecule has 1 aliphatic heterocycles. The standard InChI is InChI=1S/C11H21N3O2S/c12-13-10(15)5-4-8-17-9-11(16)14-6-2-1-3-7-14/h1-9,12H2,(H,13,15). The van der Waals surface area contributed by atoms with Crippen molar-refractivity contribution >= 4 is 23.6 Å². The molecule has 0 atom stereocenters. The fourth-order valence-corrected chi connectivity index (χ4v) is 2.65. The second-order valence-electron chi connectivity index (χ2n) is 4.17. The summed E-state index contributed by atoms with van der Waals surface area (Å²) < 4.78 is 0. The quantitative estimate of drug-likeness (QED) is 0.315. The summed E-state index contributed by atoms with van der Waals surface area (Å²) in [6.45, 7) is 1.82. The monoisotopic (exact) mass is 259 g/mol. The van der Waals surface area contributed by atoms with Crippen molar-refractivity contribution in [3.05, 3.63) is 0 Å². The van der Waals surface area contributed by atoms with Crippen molar-refractivity contribution in [2.45, 2.75) is 32.1 Å². The molecule has 1 fully saturated rings. The maximum absolute atomic E-state index is 11.8. The van der Waals surface area contributed by atoms with Gasteiger partial charge in [-0.25, -0.2) is 5.84 Å². The zero-order chi connectivity index (χ0) is 12.5. The SMILES string of the molecule is NNC(=O)CCCSCC(=O)N1CCCCC1. The number of rotatable bonds is 6. The molecule has 17 heavy (non-hydrogen) atoms. The maximum atomic E-state index is 11.8. The van der Waals surface area contributed by atoms with E-state index in [9.17, 15) is 9.59 Å². The van der Waals surface area contributed by atoms with Crippen molar-refractivity contribution < 1.29 is 9.59 Å². The van der Waals surface area contributed by atoms with Gasteiger partial charge in [-0.15, -0.1) is 0 Å². The van der Waals surface area contributed by atoms with Gasteiger partial charge in [0.1, 0.15) is 0 Å². The van der Waals surface area contributed by atoms with Crippen LogP contribution in [0.15, 0.2) is 0 Å². The average Bonchev–Trinajstić information content (AvgIpc) is 2.38. The molecular weight excluding hydrogens is 238 g/mol. The van der Waals surface area contributed by atoms with Gasteiger partial charge in [0.2, 0.25) is 11.8 Å². The minimum absolute atomic E-state index is 0.145. The first-order valence-electron chi connectivity index (χ1n) is 6.09. The molecule has 5 nitrogen and oxygen atoms in total. The fraction of sp³-hybridized carbons (Fsp3) is 0.818. The number of carbonyl (C=O) groups is 2. The lowest BCUT2D eigenvalue weighted by Gasteiger charge is -2.26. The van der Waals surface area contributed by atoms with E-state index in [1.54, 1.807) is 11.8 Å². The Morgan fingerprint density at radius 1 is 1.24 bits per heavy atom. The Morgan fingerprint density at radius 2 is 1.94 bits per heavy atom. The molecule has 0 radical (unpaired) electrons. The van der Waals surface area contributed by atoms with E-state index in [4.69, 9.17) is 5.84 Å². The molecule has 98 valence electrons. The summed E-state index contributed by atoms with van der Waals surface area (Å²) in [6.07, 6.45) is 4.70. The summed E-state index contributed by atoms with van der Waals surface area (Å²) in [7, 11) is 0. The van der Waals surface area contributed by atoms with Gasteiger partial charge in [0.25, 0.3) is 0 Å². The van der Waals surface area contributed by atoms with Gasteiger partial charge in [0, 0.05) is 19.5 Å². The molecule has 1 rings (SSSR count). The molecule has 0 saturated carbocycles. The number of hydrazine groups is 1. The predicted octanol–water partition coefficient (Wildman–Crippen LogP) is 0.502. The van der Waals surface area contributed by atoms with Crippen LogP contribution in [-0.2, 0) is 9.59 Å². The highest BCUT2D eigenvalue weighted by molar-refractivity contribution is 7.99. The molecule has 1 aliphatic rings. The van der Waals surface area contributed by atoms with Crippen LogP contribution < -0.4 is 11.3 Å². The van der Waals surface area contributed by atoms with E-state index in [0.717, 1.165) is 38.1 Å². The van der Waals surface area contributed by atoms with Crippen molar-refractivity contribution in [2.75, 3.05) is 24.6 Å². The number of nitrogens with two attached hydrogens (primary N) is 1. The van der Waals surface area contributed by atoms with Crippen LogP contribution >= 0.6 is 11.8 Å². The van der Waals surface area contributed by atoms with Crippen LogP contribution in [0.25, 0.3) is 0 Å². The zero-order valence-corrected chi connectivity index (χ0v) is 10.9. The third kappa shape index (κ3) is 5.93. The average molecular weight is 259 g/mol. The molecule has 0 spiro atoms.